The molecule has 21 heavy (non-hydrogen) atoms. The number of rotatable bonds is 2. The van der Waals surface area contributed by atoms with E-state index >= 15 is 0 Å². The van der Waals surface area contributed by atoms with Gasteiger partial charge < -0.3 is 10.1 Å². The first-order valence-electron chi connectivity index (χ1n) is 6.61. The number of nitrogens with one attached hydrogen (secondary N) is 1. The molecule has 0 atom stereocenters. The minimum absolute atomic E-state index is 0.0661. The lowest BCUT2D eigenvalue weighted by molar-refractivity contribution is -0.156. The highest BCUT2D eigenvalue weighted by Gasteiger charge is 2.24. The van der Waals surface area contributed by atoms with E-state index in [1.165, 1.54) is 0 Å². The van der Waals surface area contributed by atoms with Crippen LogP contribution in [0.25, 0.3) is 0 Å². The molecule has 0 unspecified atom stereocenters. The van der Waals surface area contributed by atoms with Gasteiger partial charge in [-0.15, -0.1) is 0 Å². The largest absolute Gasteiger partial charge is 0.459 e. The minimum atomic E-state index is -0.534. The number of anilines is 1. The molecule has 1 aliphatic heterocycles. The maximum atomic E-state index is 11.9. The summed E-state index contributed by atoms with van der Waals surface area (Å²) in [4.78, 5) is 29.7. The van der Waals surface area contributed by atoms with Gasteiger partial charge in [0.1, 0.15) is 11.4 Å². The molecular formula is C14H18BrN3O3. The number of halogens is 1. The van der Waals surface area contributed by atoms with Gasteiger partial charge in [-0.2, -0.15) is 0 Å². The highest BCUT2D eigenvalue weighted by atomic mass is 79.9. The second-order valence-electron chi connectivity index (χ2n) is 5.94. The summed E-state index contributed by atoms with van der Waals surface area (Å²) in [5, 5.41) is 2.74. The molecule has 2 heterocycles. The highest BCUT2D eigenvalue weighted by Crippen LogP contribution is 2.22. The molecule has 0 spiro atoms. The summed E-state index contributed by atoms with van der Waals surface area (Å²) in [6.45, 7) is 6.10. The number of aromatic nitrogens is 1. The quantitative estimate of drug-likeness (QED) is 0.820. The molecular weight excluding hydrogens is 338 g/mol. The molecule has 1 amide bonds. The van der Waals surface area contributed by atoms with Crippen molar-refractivity contribution in [1.29, 1.82) is 0 Å². The Balaban J connectivity index is 2.11. The predicted molar refractivity (Wildman–Crippen MR) is 81.7 cm³/mol. The Kier molecular flexibility index (Phi) is 4.63. The lowest BCUT2D eigenvalue weighted by Crippen LogP contribution is -2.37. The molecule has 0 fully saturated rings. The monoisotopic (exact) mass is 355 g/mol. The number of hydrogen-bond acceptors (Lipinski definition) is 5. The predicted octanol–water partition coefficient (Wildman–Crippen LogP) is 1.94. The Morgan fingerprint density at radius 3 is 2.86 bits per heavy atom. The molecule has 1 aromatic heterocycles. The standard InChI is InChI=1S/C14H18BrN3O3/c1-14(2,3)21-12(20)8-18-6-9-4-10(15)5-16-13(9)17-11(19)7-18/h4-5H,6-8H2,1-3H3,(H,16,17,19). The normalized spacial score (nSPS) is 15.9. The van der Waals surface area contributed by atoms with Crippen LogP contribution >= 0.6 is 15.9 Å². The number of nitrogens with zero attached hydrogens (tertiary/aromatic N) is 2. The van der Waals surface area contributed by atoms with E-state index in [0.29, 0.717) is 12.4 Å². The van der Waals surface area contributed by atoms with Crippen LogP contribution in [0.2, 0.25) is 0 Å². The molecule has 0 bridgehead atoms. The zero-order chi connectivity index (χ0) is 15.6. The van der Waals surface area contributed by atoms with E-state index in [-0.39, 0.29) is 25.0 Å². The second kappa shape index (κ2) is 6.11. The number of carbonyl (C=O) groups is 2. The second-order valence-corrected chi connectivity index (χ2v) is 6.86. The first-order chi connectivity index (χ1) is 9.73. The van der Waals surface area contributed by atoms with E-state index in [4.69, 9.17) is 4.74 Å². The van der Waals surface area contributed by atoms with E-state index in [9.17, 15) is 9.59 Å². The Morgan fingerprint density at radius 1 is 1.48 bits per heavy atom. The summed E-state index contributed by atoms with van der Waals surface area (Å²) in [5.41, 5.74) is 0.326. The SMILES string of the molecule is CC(C)(C)OC(=O)CN1CC(=O)Nc2ncc(Br)cc2C1. The summed E-state index contributed by atoms with van der Waals surface area (Å²) in [6, 6.07) is 1.88. The van der Waals surface area contributed by atoms with Crippen molar-refractivity contribution < 1.29 is 14.3 Å². The molecule has 1 N–H and O–H groups in total. The van der Waals surface area contributed by atoms with Gasteiger partial charge in [-0.1, -0.05) is 0 Å². The topological polar surface area (TPSA) is 71.5 Å². The summed E-state index contributed by atoms with van der Waals surface area (Å²) >= 11 is 3.36. The number of esters is 1. The van der Waals surface area contributed by atoms with Gasteiger partial charge in [0.15, 0.2) is 0 Å². The van der Waals surface area contributed by atoms with Crippen molar-refractivity contribution in [1.82, 2.24) is 9.88 Å². The van der Waals surface area contributed by atoms with Crippen molar-refractivity contribution in [2.24, 2.45) is 0 Å². The van der Waals surface area contributed by atoms with Gasteiger partial charge in [0.05, 0.1) is 13.1 Å². The van der Waals surface area contributed by atoms with E-state index in [1.807, 2.05) is 26.8 Å². The van der Waals surface area contributed by atoms with Crippen LogP contribution in [-0.4, -0.2) is 40.5 Å². The van der Waals surface area contributed by atoms with Gasteiger partial charge in [-0.3, -0.25) is 14.5 Å². The molecule has 0 aromatic carbocycles. The van der Waals surface area contributed by atoms with Gasteiger partial charge in [0.25, 0.3) is 0 Å². The molecule has 0 saturated heterocycles. The molecule has 114 valence electrons. The van der Waals surface area contributed by atoms with Crippen LogP contribution in [0.1, 0.15) is 26.3 Å². The lowest BCUT2D eigenvalue weighted by Gasteiger charge is -2.23. The molecule has 6 nitrogen and oxygen atoms in total. The van der Waals surface area contributed by atoms with Crippen LogP contribution in [0.4, 0.5) is 5.82 Å². The van der Waals surface area contributed by atoms with E-state index in [0.717, 1.165) is 10.0 Å². The number of hydrogen-bond donors (Lipinski definition) is 1. The number of carbonyl (C=O) groups excluding carboxylic acids is 2. The molecule has 0 saturated carbocycles. The van der Waals surface area contributed by atoms with Gasteiger partial charge in [0, 0.05) is 22.8 Å². The van der Waals surface area contributed by atoms with Crippen molar-refractivity contribution in [2.45, 2.75) is 32.9 Å². The fraction of sp³-hybridized carbons (Fsp3) is 0.500. The van der Waals surface area contributed by atoms with Crippen LogP contribution in [0, 0.1) is 0 Å². The zero-order valence-electron chi connectivity index (χ0n) is 12.3. The first-order valence-corrected chi connectivity index (χ1v) is 7.41. The van der Waals surface area contributed by atoms with Crippen LogP contribution in [0.3, 0.4) is 0 Å². The molecule has 1 aromatic rings. The van der Waals surface area contributed by atoms with Crippen molar-refractivity contribution in [3.05, 3.63) is 22.3 Å². The van der Waals surface area contributed by atoms with Gasteiger partial charge >= 0.3 is 5.97 Å². The van der Waals surface area contributed by atoms with Gasteiger partial charge in [-0.25, -0.2) is 4.98 Å². The van der Waals surface area contributed by atoms with Crippen LogP contribution < -0.4 is 5.32 Å². The number of pyridine rings is 1. The average molecular weight is 356 g/mol. The zero-order valence-corrected chi connectivity index (χ0v) is 13.9. The minimum Gasteiger partial charge on any atom is -0.459 e. The Morgan fingerprint density at radius 2 is 2.19 bits per heavy atom. The number of fused-ring (bicyclic) bond motifs is 1. The fourth-order valence-electron chi connectivity index (χ4n) is 2.05. The third kappa shape index (κ3) is 4.78. The van der Waals surface area contributed by atoms with Crippen molar-refractivity contribution in [3.63, 3.8) is 0 Å². The number of amides is 1. The van der Waals surface area contributed by atoms with E-state index in [2.05, 4.69) is 26.2 Å². The third-order valence-electron chi connectivity index (χ3n) is 2.72. The maximum Gasteiger partial charge on any atom is 0.320 e. The van der Waals surface area contributed by atoms with E-state index < -0.39 is 5.60 Å². The third-order valence-corrected chi connectivity index (χ3v) is 3.16. The average Bonchev–Trinajstić information content (AvgIpc) is 2.43. The molecule has 7 heteroatoms. The summed E-state index contributed by atoms with van der Waals surface area (Å²) in [7, 11) is 0. The van der Waals surface area contributed by atoms with Crippen molar-refractivity contribution in [3.8, 4) is 0 Å². The van der Waals surface area contributed by atoms with Crippen LogP contribution in [0.5, 0.6) is 0 Å². The first kappa shape index (κ1) is 15.9. The summed E-state index contributed by atoms with van der Waals surface area (Å²) in [6.07, 6.45) is 1.63. The maximum absolute atomic E-state index is 11.9. The lowest BCUT2D eigenvalue weighted by atomic mass is 10.2. The molecule has 0 aliphatic carbocycles. The summed E-state index contributed by atoms with van der Waals surface area (Å²) < 4.78 is 6.12. The Bertz CT molecular complexity index is 569. The molecule has 1 aliphatic rings. The van der Waals surface area contributed by atoms with Crippen LogP contribution in [-0.2, 0) is 20.9 Å². The molecule has 2 rings (SSSR count). The van der Waals surface area contributed by atoms with Crippen LogP contribution in [0.15, 0.2) is 16.7 Å². The Labute approximate surface area is 132 Å². The Hall–Kier alpha value is -1.47. The van der Waals surface area contributed by atoms with Crippen molar-refractivity contribution in [2.75, 3.05) is 18.4 Å². The van der Waals surface area contributed by atoms with Gasteiger partial charge in [-0.05, 0) is 42.8 Å². The smallest absolute Gasteiger partial charge is 0.320 e. The van der Waals surface area contributed by atoms with E-state index in [1.54, 1.807) is 11.1 Å². The fourth-order valence-corrected chi connectivity index (χ4v) is 2.43. The summed E-state index contributed by atoms with van der Waals surface area (Å²) in [5.74, 6) is 0.00345. The highest BCUT2D eigenvalue weighted by molar-refractivity contribution is 9.10. The molecule has 0 radical (unpaired) electrons. The van der Waals surface area contributed by atoms with Crippen molar-refractivity contribution >= 4 is 33.6 Å². The number of ether oxygens (including phenoxy) is 1. The van der Waals surface area contributed by atoms with Gasteiger partial charge in [0.2, 0.25) is 5.91 Å².